The predicted octanol–water partition coefficient (Wildman–Crippen LogP) is 1.65. The van der Waals surface area contributed by atoms with E-state index < -0.39 is 0 Å². The molecule has 1 aromatic rings. The van der Waals surface area contributed by atoms with E-state index in [0.29, 0.717) is 24.4 Å². The predicted molar refractivity (Wildman–Crippen MR) is 78.5 cm³/mol. The first-order valence-corrected chi connectivity index (χ1v) is 7.61. The summed E-state index contributed by atoms with van der Waals surface area (Å²) in [7, 11) is 1.90. The molecule has 2 saturated heterocycles. The van der Waals surface area contributed by atoms with Crippen molar-refractivity contribution in [3.63, 3.8) is 0 Å². The lowest BCUT2D eigenvalue weighted by molar-refractivity contribution is -0.120. The topological polar surface area (TPSA) is 41.4 Å². The first kappa shape index (κ1) is 13.6. The molecule has 0 aromatic carbocycles. The van der Waals surface area contributed by atoms with Gasteiger partial charge in [-0.1, -0.05) is 13.8 Å². The Morgan fingerprint density at radius 1 is 1.35 bits per heavy atom. The molecule has 1 aromatic heterocycles. The Labute approximate surface area is 120 Å². The summed E-state index contributed by atoms with van der Waals surface area (Å²) in [6.45, 7) is 6.77. The number of anilines is 1. The highest BCUT2D eigenvalue weighted by atomic mass is 16.2. The van der Waals surface area contributed by atoms with Crippen LogP contribution in [0.15, 0.2) is 12.4 Å². The van der Waals surface area contributed by atoms with Crippen LogP contribution in [0.4, 0.5) is 5.69 Å². The summed E-state index contributed by atoms with van der Waals surface area (Å²) >= 11 is 0. The van der Waals surface area contributed by atoms with Gasteiger partial charge in [-0.25, -0.2) is 0 Å². The molecule has 3 heterocycles. The van der Waals surface area contributed by atoms with E-state index in [9.17, 15) is 4.79 Å². The lowest BCUT2D eigenvalue weighted by Crippen LogP contribution is -2.52. The number of nitrogens with zero attached hydrogens (tertiary/aromatic N) is 4. The number of fused-ring (bicyclic) bond motifs is 1. The molecule has 0 unspecified atom stereocenters. The molecule has 1 amide bonds. The maximum atomic E-state index is 12.3. The van der Waals surface area contributed by atoms with Crippen LogP contribution in [0.2, 0.25) is 0 Å². The zero-order valence-electron chi connectivity index (χ0n) is 12.6. The molecule has 0 aliphatic carbocycles. The van der Waals surface area contributed by atoms with Crippen LogP contribution < -0.4 is 4.90 Å². The summed E-state index contributed by atoms with van der Waals surface area (Å²) < 4.78 is 1.77. The smallest absolute Gasteiger partial charge is 0.227 e. The average molecular weight is 276 g/mol. The van der Waals surface area contributed by atoms with E-state index in [4.69, 9.17) is 0 Å². The van der Waals surface area contributed by atoms with Crippen LogP contribution in [-0.2, 0) is 11.8 Å². The van der Waals surface area contributed by atoms with Gasteiger partial charge in [0.2, 0.25) is 5.91 Å². The second-order valence-corrected chi connectivity index (χ2v) is 6.49. The highest BCUT2D eigenvalue weighted by Gasteiger charge is 2.43. The molecule has 0 saturated carbocycles. The molecule has 20 heavy (non-hydrogen) atoms. The molecular formula is C15H24N4O. The van der Waals surface area contributed by atoms with Gasteiger partial charge in [0.1, 0.15) is 0 Å². The number of carbonyl (C=O) groups excluding carboxylic acids is 1. The van der Waals surface area contributed by atoms with Crippen molar-refractivity contribution < 1.29 is 4.79 Å². The summed E-state index contributed by atoms with van der Waals surface area (Å²) in [5, 5.41) is 4.22. The molecule has 110 valence electrons. The van der Waals surface area contributed by atoms with E-state index in [1.54, 1.807) is 4.68 Å². The van der Waals surface area contributed by atoms with Crippen LogP contribution in [0.5, 0.6) is 0 Å². The summed E-state index contributed by atoms with van der Waals surface area (Å²) in [6.07, 6.45) is 6.51. The Bertz CT molecular complexity index is 496. The fraction of sp³-hybridized carbons (Fsp3) is 0.733. The van der Waals surface area contributed by atoms with Gasteiger partial charge in [-0.2, -0.15) is 5.10 Å². The lowest BCUT2D eigenvalue weighted by atomic mass is 9.95. The first-order chi connectivity index (χ1) is 9.56. The van der Waals surface area contributed by atoms with Crippen molar-refractivity contribution in [3.05, 3.63) is 12.4 Å². The Morgan fingerprint density at radius 2 is 2.15 bits per heavy atom. The van der Waals surface area contributed by atoms with Crippen LogP contribution in [0.1, 0.15) is 33.1 Å². The van der Waals surface area contributed by atoms with E-state index in [1.807, 2.05) is 24.3 Å². The second-order valence-electron chi connectivity index (χ2n) is 6.49. The van der Waals surface area contributed by atoms with E-state index in [-0.39, 0.29) is 5.91 Å². The van der Waals surface area contributed by atoms with E-state index in [0.717, 1.165) is 31.6 Å². The molecule has 2 aliphatic heterocycles. The van der Waals surface area contributed by atoms with Gasteiger partial charge in [0, 0.05) is 38.8 Å². The monoisotopic (exact) mass is 276 g/mol. The van der Waals surface area contributed by atoms with Crippen molar-refractivity contribution in [1.29, 1.82) is 0 Å². The minimum atomic E-state index is 0.255. The summed E-state index contributed by atoms with van der Waals surface area (Å²) in [6, 6.07) is 0.856. The zero-order valence-corrected chi connectivity index (χ0v) is 12.6. The van der Waals surface area contributed by atoms with Crippen LogP contribution in [0.25, 0.3) is 0 Å². The number of aromatic nitrogens is 2. The minimum absolute atomic E-state index is 0.255. The van der Waals surface area contributed by atoms with Gasteiger partial charge in [-0.3, -0.25) is 14.4 Å². The number of aryl methyl sites for hydroxylation is 1. The quantitative estimate of drug-likeness (QED) is 0.843. The van der Waals surface area contributed by atoms with Gasteiger partial charge >= 0.3 is 0 Å². The van der Waals surface area contributed by atoms with Gasteiger partial charge in [0.05, 0.1) is 17.9 Å². The van der Waals surface area contributed by atoms with Crippen LogP contribution in [-0.4, -0.2) is 45.8 Å². The lowest BCUT2D eigenvalue weighted by Gasteiger charge is -2.39. The molecule has 0 bridgehead atoms. The fourth-order valence-corrected chi connectivity index (χ4v) is 3.72. The van der Waals surface area contributed by atoms with Crippen molar-refractivity contribution in [2.45, 2.75) is 45.2 Å². The minimum Gasteiger partial charge on any atom is -0.305 e. The third kappa shape index (κ3) is 2.35. The summed E-state index contributed by atoms with van der Waals surface area (Å²) in [5.74, 6) is 0.934. The number of likely N-dealkylation sites (tertiary alicyclic amines) is 1. The largest absolute Gasteiger partial charge is 0.305 e. The molecule has 0 N–H and O–H groups in total. The van der Waals surface area contributed by atoms with Gasteiger partial charge in [0.25, 0.3) is 0 Å². The number of hydrogen-bond donors (Lipinski definition) is 0. The summed E-state index contributed by atoms with van der Waals surface area (Å²) in [4.78, 5) is 16.9. The Morgan fingerprint density at radius 3 is 2.80 bits per heavy atom. The van der Waals surface area contributed by atoms with Crippen LogP contribution in [0.3, 0.4) is 0 Å². The van der Waals surface area contributed by atoms with Crippen molar-refractivity contribution in [2.75, 3.05) is 18.0 Å². The Kier molecular flexibility index (Phi) is 3.54. The number of rotatable bonds is 3. The molecule has 3 rings (SSSR count). The third-order valence-electron chi connectivity index (χ3n) is 4.45. The molecule has 2 atom stereocenters. The maximum absolute atomic E-state index is 12.3. The van der Waals surface area contributed by atoms with Crippen LogP contribution in [0, 0.1) is 5.92 Å². The zero-order chi connectivity index (χ0) is 14.3. The molecule has 5 heteroatoms. The molecule has 0 spiro atoms. The highest BCUT2D eigenvalue weighted by Crippen LogP contribution is 2.34. The van der Waals surface area contributed by atoms with Crippen molar-refractivity contribution >= 4 is 11.6 Å². The molecule has 0 radical (unpaired) electrons. The third-order valence-corrected chi connectivity index (χ3v) is 4.45. The van der Waals surface area contributed by atoms with Crippen molar-refractivity contribution in [2.24, 2.45) is 13.0 Å². The number of hydrogen-bond acceptors (Lipinski definition) is 3. The van der Waals surface area contributed by atoms with Gasteiger partial charge < -0.3 is 4.90 Å². The number of amides is 1. The summed E-state index contributed by atoms with van der Waals surface area (Å²) in [5.41, 5.74) is 0.957. The fourth-order valence-electron chi connectivity index (χ4n) is 3.72. The normalized spacial score (nSPS) is 27.4. The van der Waals surface area contributed by atoms with Gasteiger partial charge in [-0.15, -0.1) is 0 Å². The number of piperidine rings is 1. The van der Waals surface area contributed by atoms with Gasteiger partial charge in [0.15, 0.2) is 0 Å². The molecule has 2 fully saturated rings. The van der Waals surface area contributed by atoms with E-state index >= 15 is 0 Å². The Hall–Kier alpha value is -1.36. The Balaban J connectivity index is 1.82. The number of carbonyl (C=O) groups is 1. The van der Waals surface area contributed by atoms with Gasteiger partial charge in [-0.05, 0) is 18.8 Å². The van der Waals surface area contributed by atoms with E-state index in [2.05, 4.69) is 23.8 Å². The van der Waals surface area contributed by atoms with E-state index in [1.165, 1.54) is 0 Å². The molecular weight excluding hydrogens is 252 g/mol. The standard InChI is InChI=1S/C15H24N4O/c1-11(2)9-18-7-6-14-13(18)4-5-15(20)19(14)12-8-16-17(3)10-12/h8,10-11,13-14H,4-7,9H2,1-3H3/t13-,14-/m0/s1. The SMILES string of the molecule is CC(C)CN1CC[C@H]2[C@@H]1CCC(=O)N2c1cnn(C)c1. The van der Waals surface area contributed by atoms with Crippen LogP contribution >= 0.6 is 0 Å². The first-order valence-electron chi connectivity index (χ1n) is 7.61. The average Bonchev–Trinajstić information content (AvgIpc) is 2.96. The van der Waals surface area contributed by atoms with Crippen molar-refractivity contribution in [3.8, 4) is 0 Å². The highest BCUT2D eigenvalue weighted by molar-refractivity contribution is 5.94. The molecule has 5 nitrogen and oxygen atoms in total. The maximum Gasteiger partial charge on any atom is 0.227 e. The second kappa shape index (κ2) is 5.20. The van der Waals surface area contributed by atoms with Crippen molar-refractivity contribution in [1.82, 2.24) is 14.7 Å². The molecule has 2 aliphatic rings.